The van der Waals surface area contributed by atoms with Gasteiger partial charge in [-0.1, -0.05) is 53.1 Å². The molecular formula is C35H32N2O8. The molecule has 230 valence electrons. The fourth-order valence-corrected chi connectivity index (χ4v) is 4.78. The molecule has 1 aliphatic rings. The molecule has 4 atom stereocenters. The van der Waals surface area contributed by atoms with Gasteiger partial charge >= 0.3 is 17.9 Å². The van der Waals surface area contributed by atoms with Crippen LogP contribution in [0.15, 0.2) is 84.6 Å². The molecule has 0 radical (unpaired) electrons. The van der Waals surface area contributed by atoms with Crippen molar-refractivity contribution in [2.75, 3.05) is 13.2 Å². The molecule has 3 aromatic carbocycles. The predicted molar refractivity (Wildman–Crippen MR) is 161 cm³/mol. The minimum atomic E-state index is -1.82. The van der Waals surface area contributed by atoms with Gasteiger partial charge in [-0.05, 0) is 64.1 Å². The lowest BCUT2D eigenvalue weighted by Gasteiger charge is -2.34. The van der Waals surface area contributed by atoms with E-state index in [1.165, 1.54) is 6.92 Å². The number of carbonyl (C=O) groups is 3. The molecule has 0 spiro atoms. The van der Waals surface area contributed by atoms with Gasteiger partial charge < -0.3 is 23.7 Å². The molecular weight excluding hydrogens is 576 g/mol. The van der Waals surface area contributed by atoms with Gasteiger partial charge in [0.05, 0.1) is 22.3 Å². The van der Waals surface area contributed by atoms with E-state index < -0.39 is 48.4 Å². The lowest BCUT2D eigenvalue weighted by Crippen LogP contribution is -2.52. The number of nitrogens with zero attached hydrogens (tertiary/aromatic N) is 2. The van der Waals surface area contributed by atoms with Gasteiger partial charge in [-0.3, -0.25) is 0 Å². The second-order valence-electron chi connectivity index (χ2n) is 10.8. The largest absolute Gasteiger partial charge is 0.485 e. The summed E-state index contributed by atoms with van der Waals surface area (Å²) in [5, 5.41) is 19.0. The summed E-state index contributed by atoms with van der Waals surface area (Å²) in [6, 6.07) is 23.8. The molecule has 10 heteroatoms. The first kappa shape index (κ1) is 32.5. The molecule has 0 aromatic heterocycles. The van der Waals surface area contributed by atoms with Crippen molar-refractivity contribution in [2.24, 2.45) is 0 Å². The third-order valence-corrected chi connectivity index (χ3v) is 7.29. The molecule has 1 fully saturated rings. The standard InChI is InChI=1S/C35H32N2O8/c1-22-5-11-25(12-6-22)32(38)42-21-29-31(44-33(39)26-13-7-23(2)8-14-26)35(4,30(43-29)28(19-37)20-41-18-17-36)45-34(40)27-15-9-24(3)10-16-27/h5-16,20,29-31H,18,21H2,1-4H3/t29?,30-,31-,35+/m1/s1. The average Bonchev–Trinajstić information content (AvgIpc) is 3.29. The maximum absolute atomic E-state index is 13.5. The lowest BCUT2D eigenvalue weighted by atomic mass is 9.88. The second-order valence-corrected chi connectivity index (χ2v) is 10.8. The van der Waals surface area contributed by atoms with Crippen molar-refractivity contribution < 1.29 is 38.1 Å². The number of nitriles is 2. The van der Waals surface area contributed by atoms with Crippen LogP contribution < -0.4 is 0 Å². The minimum Gasteiger partial charge on any atom is -0.485 e. The van der Waals surface area contributed by atoms with Gasteiger partial charge in [0.1, 0.15) is 37.2 Å². The summed E-state index contributed by atoms with van der Waals surface area (Å²) in [6.07, 6.45) is -2.84. The van der Waals surface area contributed by atoms with Crippen LogP contribution in [0.5, 0.6) is 0 Å². The highest BCUT2D eigenvalue weighted by Crippen LogP contribution is 2.41. The van der Waals surface area contributed by atoms with Crippen LogP contribution >= 0.6 is 0 Å². The third-order valence-electron chi connectivity index (χ3n) is 7.29. The quantitative estimate of drug-likeness (QED) is 0.0974. The van der Waals surface area contributed by atoms with E-state index in [2.05, 4.69) is 0 Å². The molecule has 1 heterocycles. The summed E-state index contributed by atoms with van der Waals surface area (Å²) in [5.41, 5.74) is 1.56. The van der Waals surface area contributed by atoms with E-state index in [0.29, 0.717) is 5.56 Å². The van der Waals surface area contributed by atoms with Crippen LogP contribution in [0.25, 0.3) is 0 Å². The monoisotopic (exact) mass is 608 g/mol. The van der Waals surface area contributed by atoms with Crippen LogP contribution in [0.4, 0.5) is 0 Å². The lowest BCUT2D eigenvalue weighted by molar-refractivity contribution is -0.0821. The van der Waals surface area contributed by atoms with Crippen LogP contribution in [-0.2, 0) is 23.7 Å². The molecule has 0 aliphatic carbocycles. The third kappa shape index (κ3) is 7.74. The highest BCUT2D eigenvalue weighted by molar-refractivity contribution is 5.91. The molecule has 0 N–H and O–H groups in total. The fraction of sp³-hybridized carbons (Fsp3) is 0.286. The molecule has 10 nitrogen and oxygen atoms in total. The first-order chi connectivity index (χ1) is 21.5. The van der Waals surface area contributed by atoms with Crippen molar-refractivity contribution in [2.45, 2.75) is 51.6 Å². The number of hydrogen-bond acceptors (Lipinski definition) is 10. The Morgan fingerprint density at radius 1 is 0.800 bits per heavy atom. The summed E-state index contributed by atoms with van der Waals surface area (Å²) in [7, 11) is 0. The van der Waals surface area contributed by atoms with E-state index in [9.17, 15) is 19.6 Å². The maximum atomic E-state index is 13.5. The first-order valence-electron chi connectivity index (χ1n) is 14.1. The van der Waals surface area contributed by atoms with Crippen molar-refractivity contribution >= 4 is 17.9 Å². The van der Waals surface area contributed by atoms with Crippen molar-refractivity contribution in [3.63, 3.8) is 0 Å². The Balaban J connectivity index is 1.73. The SMILES string of the molecule is Cc1ccc(C(=O)OCC2O[C@H](C(C#N)=COCC#N)[C@](C)(OC(=O)c3ccc(C)cc3)[C@@H]2OC(=O)c2ccc(C)cc2)cc1. The summed E-state index contributed by atoms with van der Waals surface area (Å²) in [5.74, 6) is -2.17. The normalized spacial score (nSPS) is 20.8. The van der Waals surface area contributed by atoms with Gasteiger partial charge in [-0.15, -0.1) is 0 Å². The molecule has 0 bridgehead atoms. The molecule has 0 amide bonds. The van der Waals surface area contributed by atoms with E-state index in [0.717, 1.165) is 23.0 Å². The zero-order valence-corrected chi connectivity index (χ0v) is 25.3. The van der Waals surface area contributed by atoms with Crippen LogP contribution in [0.2, 0.25) is 0 Å². The van der Waals surface area contributed by atoms with Gasteiger partial charge in [0.15, 0.2) is 18.3 Å². The molecule has 4 rings (SSSR count). The molecule has 1 unspecified atom stereocenters. The van der Waals surface area contributed by atoms with Crippen LogP contribution in [0, 0.1) is 43.4 Å². The Morgan fingerprint density at radius 3 is 1.78 bits per heavy atom. The van der Waals surface area contributed by atoms with Crippen molar-refractivity contribution in [1.29, 1.82) is 10.5 Å². The van der Waals surface area contributed by atoms with Gasteiger partial charge in [0.2, 0.25) is 0 Å². The van der Waals surface area contributed by atoms with E-state index in [-0.39, 0.29) is 23.3 Å². The smallest absolute Gasteiger partial charge is 0.338 e. The van der Waals surface area contributed by atoms with Crippen molar-refractivity contribution in [3.8, 4) is 12.1 Å². The van der Waals surface area contributed by atoms with Gasteiger partial charge in [-0.25, -0.2) is 14.4 Å². The predicted octanol–water partition coefficient (Wildman–Crippen LogP) is 5.33. The fourth-order valence-electron chi connectivity index (χ4n) is 4.78. The zero-order valence-electron chi connectivity index (χ0n) is 25.3. The van der Waals surface area contributed by atoms with Gasteiger partial charge in [0, 0.05) is 0 Å². The zero-order chi connectivity index (χ0) is 32.6. The summed E-state index contributed by atoms with van der Waals surface area (Å²) < 4.78 is 29.0. The summed E-state index contributed by atoms with van der Waals surface area (Å²) >= 11 is 0. The number of benzene rings is 3. The minimum absolute atomic E-state index is 0.145. The molecule has 0 saturated carbocycles. The molecule has 1 aliphatic heterocycles. The van der Waals surface area contributed by atoms with Crippen LogP contribution in [-0.4, -0.2) is 55.0 Å². The van der Waals surface area contributed by atoms with E-state index in [1.807, 2.05) is 26.8 Å². The maximum Gasteiger partial charge on any atom is 0.338 e. The number of rotatable bonds is 10. The highest BCUT2D eigenvalue weighted by atomic mass is 16.7. The van der Waals surface area contributed by atoms with Crippen molar-refractivity contribution in [3.05, 3.63) is 118 Å². The Kier molecular flexibility index (Phi) is 10.4. The number of hydrogen-bond donors (Lipinski definition) is 0. The Labute approximate surface area is 261 Å². The average molecular weight is 609 g/mol. The summed E-state index contributed by atoms with van der Waals surface area (Å²) in [6.45, 7) is 6.31. The van der Waals surface area contributed by atoms with Crippen molar-refractivity contribution in [1.82, 2.24) is 0 Å². The highest BCUT2D eigenvalue weighted by Gasteiger charge is 2.61. The Bertz CT molecular complexity index is 1650. The number of aryl methyl sites for hydroxylation is 3. The first-order valence-corrected chi connectivity index (χ1v) is 14.1. The van der Waals surface area contributed by atoms with E-state index >= 15 is 0 Å². The van der Waals surface area contributed by atoms with E-state index in [1.54, 1.807) is 78.9 Å². The van der Waals surface area contributed by atoms with E-state index in [4.69, 9.17) is 28.9 Å². The van der Waals surface area contributed by atoms with Crippen LogP contribution in [0.3, 0.4) is 0 Å². The molecule has 45 heavy (non-hydrogen) atoms. The molecule has 3 aromatic rings. The number of carbonyl (C=O) groups excluding carboxylic acids is 3. The second kappa shape index (κ2) is 14.3. The van der Waals surface area contributed by atoms with Gasteiger partial charge in [0.25, 0.3) is 0 Å². The Morgan fingerprint density at radius 2 is 1.29 bits per heavy atom. The van der Waals surface area contributed by atoms with Crippen LogP contribution in [0.1, 0.15) is 54.7 Å². The van der Waals surface area contributed by atoms with Gasteiger partial charge in [-0.2, -0.15) is 10.5 Å². The number of esters is 3. The topological polar surface area (TPSA) is 145 Å². The number of ether oxygens (including phenoxy) is 5. The summed E-state index contributed by atoms with van der Waals surface area (Å²) in [4.78, 5) is 39.8. The molecule has 1 saturated heterocycles. The Hall–Kier alpha value is -5.45.